The van der Waals surface area contributed by atoms with E-state index in [2.05, 4.69) is 14.8 Å². The molecule has 0 saturated heterocycles. The summed E-state index contributed by atoms with van der Waals surface area (Å²) in [6.07, 6.45) is 1.26. The number of nitrogens with zero attached hydrogens (tertiary/aromatic N) is 3. The number of carbonyl (C=O) groups excluding carboxylic acids is 1. The van der Waals surface area contributed by atoms with E-state index in [1.807, 2.05) is 38.1 Å². The molecule has 2 aromatic carbocycles. The van der Waals surface area contributed by atoms with E-state index in [0.717, 1.165) is 10.9 Å². The quantitative estimate of drug-likeness (QED) is 0.378. The van der Waals surface area contributed by atoms with Gasteiger partial charge in [-0.25, -0.2) is 18.2 Å². The molecule has 4 rings (SSSR count). The topological polar surface area (TPSA) is 112 Å². The number of fused-ring (bicyclic) bond motifs is 1. The Hall–Kier alpha value is -3.92. The Morgan fingerprint density at radius 3 is 2.50 bits per heavy atom. The maximum atomic E-state index is 13.2. The second-order valence-electron chi connectivity index (χ2n) is 7.36. The summed E-state index contributed by atoms with van der Waals surface area (Å²) < 4.78 is 40.7. The molecule has 0 atom stereocenters. The number of pyridine rings is 1. The molecule has 176 valence electrons. The molecule has 0 aliphatic heterocycles. The number of hydrogen-bond donors (Lipinski definition) is 1. The molecule has 0 saturated carbocycles. The van der Waals surface area contributed by atoms with Crippen molar-refractivity contribution < 1.29 is 22.7 Å². The van der Waals surface area contributed by atoms with Gasteiger partial charge in [-0.15, -0.1) is 0 Å². The summed E-state index contributed by atoms with van der Waals surface area (Å²) in [7, 11) is -4.07. The molecule has 0 unspecified atom stereocenters. The predicted molar refractivity (Wildman–Crippen MR) is 128 cm³/mol. The van der Waals surface area contributed by atoms with Gasteiger partial charge in [0.25, 0.3) is 10.0 Å². The van der Waals surface area contributed by atoms with Crippen LogP contribution in [0.4, 0.5) is 5.82 Å². The van der Waals surface area contributed by atoms with Gasteiger partial charge in [-0.05, 0) is 62.7 Å². The highest BCUT2D eigenvalue weighted by Crippen LogP contribution is 2.27. The second-order valence-corrected chi connectivity index (χ2v) is 9.05. The lowest BCUT2D eigenvalue weighted by atomic mass is 10.1. The zero-order chi connectivity index (χ0) is 24.3. The van der Waals surface area contributed by atoms with E-state index in [1.54, 1.807) is 25.1 Å². The average molecular weight is 481 g/mol. The number of carbonyl (C=O) groups is 1. The van der Waals surface area contributed by atoms with E-state index in [1.165, 1.54) is 23.0 Å². The number of nitrogens with one attached hydrogen (secondary N) is 1. The van der Waals surface area contributed by atoms with E-state index in [0.29, 0.717) is 23.7 Å². The molecule has 0 bridgehead atoms. The average Bonchev–Trinajstić information content (AvgIpc) is 3.23. The standard InChI is InChI=1S/C24H24N4O5S/c1-4-32-17-10-12-18(13-11-17)34(30,31)27-23-20(24(29)33-5-2)15-25-28(23)22-14-16(3)19-8-6-7-9-21(19)26-22/h6-15,27H,4-5H2,1-3H3. The molecular formula is C24H24N4O5S. The number of sulfonamides is 1. The van der Waals surface area contributed by atoms with Gasteiger partial charge < -0.3 is 9.47 Å². The molecule has 2 heterocycles. The number of benzene rings is 2. The Bertz CT molecular complexity index is 1450. The fourth-order valence-corrected chi connectivity index (χ4v) is 4.55. The van der Waals surface area contributed by atoms with E-state index >= 15 is 0 Å². The van der Waals surface area contributed by atoms with Gasteiger partial charge in [0.15, 0.2) is 11.6 Å². The molecule has 9 nitrogen and oxygen atoms in total. The number of aryl methyl sites for hydroxylation is 1. The van der Waals surface area contributed by atoms with Crippen LogP contribution in [0, 0.1) is 6.92 Å². The van der Waals surface area contributed by atoms with Crippen molar-refractivity contribution in [3.63, 3.8) is 0 Å². The summed E-state index contributed by atoms with van der Waals surface area (Å²) in [6.45, 7) is 6.02. The predicted octanol–water partition coefficient (Wildman–Crippen LogP) is 4.11. The van der Waals surface area contributed by atoms with E-state index in [9.17, 15) is 13.2 Å². The van der Waals surface area contributed by atoms with Gasteiger partial charge in [-0.3, -0.25) is 4.72 Å². The van der Waals surface area contributed by atoms with Crippen molar-refractivity contribution in [3.8, 4) is 11.6 Å². The molecule has 1 N–H and O–H groups in total. The monoisotopic (exact) mass is 480 g/mol. The molecule has 2 aromatic heterocycles. The van der Waals surface area contributed by atoms with Crippen LogP contribution in [-0.2, 0) is 14.8 Å². The number of aromatic nitrogens is 3. The van der Waals surface area contributed by atoms with Crippen molar-refractivity contribution in [2.45, 2.75) is 25.7 Å². The molecule has 0 spiro atoms. The van der Waals surface area contributed by atoms with Crippen molar-refractivity contribution in [1.82, 2.24) is 14.8 Å². The van der Waals surface area contributed by atoms with Crippen LogP contribution < -0.4 is 9.46 Å². The minimum Gasteiger partial charge on any atom is -0.494 e. The zero-order valence-electron chi connectivity index (χ0n) is 19.0. The lowest BCUT2D eigenvalue weighted by molar-refractivity contribution is 0.0527. The summed E-state index contributed by atoms with van der Waals surface area (Å²) in [4.78, 5) is 17.2. The number of hydrogen-bond acceptors (Lipinski definition) is 7. The van der Waals surface area contributed by atoms with Gasteiger partial charge in [-0.1, -0.05) is 18.2 Å². The first-order valence-corrected chi connectivity index (χ1v) is 12.2. The minimum atomic E-state index is -4.07. The zero-order valence-corrected chi connectivity index (χ0v) is 19.8. The number of anilines is 1. The van der Waals surface area contributed by atoms with Gasteiger partial charge >= 0.3 is 5.97 Å². The van der Waals surface area contributed by atoms with Crippen molar-refractivity contribution >= 4 is 32.7 Å². The third-order valence-electron chi connectivity index (χ3n) is 5.07. The molecule has 0 aliphatic rings. The first kappa shape index (κ1) is 23.2. The molecule has 0 radical (unpaired) electrons. The van der Waals surface area contributed by atoms with Crippen LogP contribution >= 0.6 is 0 Å². The summed E-state index contributed by atoms with van der Waals surface area (Å²) in [5, 5.41) is 5.22. The third kappa shape index (κ3) is 4.58. The van der Waals surface area contributed by atoms with E-state index in [4.69, 9.17) is 9.47 Å². The highest BCUT2D eigenvalue weighted by molar-refractivity contribution is 7.92. The lowest BCUT2D eigenvalue weighted by Crippen LogP contribution is -2.19. The van der Waals surface area contributed by atoms with Crippen molar-refractivity contribution in [2.75, 3.05) is 17.9 Å². The molecule has 10 heteroatoms. The van der Waals surface area contributed by atoms with Crippen LogP contribution in [0.3, 0.4) is 0 Å². The van der Waals surface area contributed by atoms with E-state index < -0.39 is 16.0 Å². The largest absolute Gasteiger partial charge is 0.494 e. The van der Waals surface area contributed by atoms with Crippen LogP contribution in [0.5, 0.6) is 5.75 Å². The Balaban J connectivity index is 1.81. The van der Waals surface area contributed by atoms with Crippen LogP contribution in [-0.4, -0.2) is 42.4 Å². The molecular weight excluding hydrogens is 456 g/mol. The molecule has 0 aliphatic carbocycles. The lowest BCUT2D eigenvalue weighted by Gasteiger charge is -2.13. The van der Waals surface area contributed by atoms with E-state index in [-0.39, 0.29) is 22.9 Å². The summed E-state index contributed by atoms with van der Waals surface area (Å²) in [5.74, 6) is 0.149. The smallest absolute Gasteiger partial charge is 0.343 e. The number of rotatable bonds is 8. The first-order chi connectivity index (χ1) is 16.3. The highest BCUT2D eigenvalue weighted by atomic mass is 32.2. The van der Waals surface area contributed by atoms with Gasteiger partial charge in [0.2, 0.25) is 0 Å². The Morgan fingerprint density at radius 1 is 1.06 bits per heavy atom. The molecule has 34 heavy (non-hydrogen) atoms. The van der Waals surface area contributed by atoms with Gasteiger partial charge in [0, 0.05) is 5.39 Å². The second kappa shape index (κ2) is 9.52. The fraction of sp³-hybridized carbons (Fsp3) is 0.208. The highest BCUT2D eigenvalue weighted by Gasteiger charge is 2.26. The van der Waals surface area contributed by atoms with Crippen LogP contribution in [0.25, 0.3) is 16.7 Å². The molecule has 0 fully saturated rings. The van der Waals surface area contributed by atoms with Crippen molar-refractivity contribution in [2.24, 2.45) is 0 Å². The summed E-state index contributed by atoms with van der Waals surface area (Å²) >= 11 is 0. The molecule has 0 amide bonds. The van der Waals surface area contributed by atoms with Crippen LogP contribution in [0.15, 0.2) is 65.7 Å². The summed E-state index contributed by atoms with van der Waals surface area (Å²) in [5.41, 5.74) is 1.61. The minimum absolute atomic E-state index is 0.00108. The maximum Gasteiger partial charge on any atom is 0.343 e. The summed E-state index contributed by atoms with van der Waals surface area (Å²) in [6, 6.07) is 15.3. The van der Waals surface area contributed by atoms with Gasteiger partial charge in [-0.2, -0.15) is 9.78 Å². The maximum absolute atomic E-state index is 13.2. The van der Waals surface area contributed by atoms with Gasteiger partial charge in [0.1, 0.15) is 11.3 Å². The Kier molecular flexibility index (Phi) is 6.51. The fourth-order valence-electron chi connectivity index (χ4n) is 3.49. The van der Waals surface area contributed by atoms with Crippen molar-refractivity contribution in [3.05, 3.63) is 71.9 Å². The first-order valence-electron chi connectivity index (χ1n) is 10.7. The third-order valence-corrected chi connectivity index (χ3v) is 6.42. The molecule has 4 aromatic rings. The number of ether oxygens (including phenoxy) is 2. The Labute approximate surface area is 197 Å². The Morgan fingerprint density at radius 2 is 1.79 bits per heavy atom. The van der Waals surface area contributed by atoms with Crippen LogP contribution in [0.2, 0.25) is 0 Å². The number of esters is 1. The SMILES string of the molecule is CCOC(=O)c1cnn(-c2cc(C)c3ccccc3n2)c1NS(=O)(=O)c1ccc(OCC)cc1. The van der Waals surface area contributed by atoms with Crippen LogP contribution in [0.1, 0.15) is 29.8 Å². The van der Waals surface area contributed by atoms with Crippen molar-refractivity contribution in [1.29, 1.82) is 0 Å². The number of para-hydroxylation sites is 1. The van der Waals surface area contributed by atoms with Gasteiger partial charge in [0.05, 0.1) is 29.8 Å². The normalized spacial score (nSPS) is 11.4.